The maximum absolute atomic E-state index is 4.28. The Kier molecular flexibility index (Phi) is 5.26. The Morgan fingerprint density at radius 1 is 1.39 bits per heavy atom. The maximum atomic E-state index is 4.28. The van der Waals surface area contributed by atoms with E-state index in [0.29, 0.717) is 11.3 Å². The molecule has 0 spiro atoms. The van der Waals surface area contributed by atoms with Crippen LogP contribution in [0.1, 0.15) is 32.2 Å². The van der Waals surface area contributed by atoms with Gasteiger partial charge in [-0.25, -0.2) is 0 Å². The van der Waals surface area contributed by atoms with Crippen LogP contribution >= 0.6 is 23.1 Å². The van der Waals surface area contributed by atoms with Gasteiger partial charge in [-0.3, -0.25) is 4.90 Å². The molecule has 1 aliphatic rings. The summed E-state index contributed by atoms with van der Waals surface area (Å²) in [7, 11) is 0. The van der Waals surface area contributed by atoms with E-state index in [-0.39, 0.29) is 0 Å². The van der Waals surface area contributed by atoms with Crippen LogP contribution in [-0.2, 0) is 6.54 Å². The number of anilines is 1. The molecule has 1 N–H and O–H groups in total. The topological polar surface area (TPSA) is 41.1 Å². The number of aromatic nitrogens is 2. The summed E-state index contributed by atoms with van der Waals surface area (Å²) in [5, 5.41) is 14.6. The summed E-state index contributed by atoms with van der Waals surface area (Å²) in [4.78, 5) is 2.52. The summed E-state index contributed by atoms with van der Waals surface area (Å²) in [6.45, 7) is 9.86. The van der Waals surface area contributed by atoms with Crippen LogP contribution < -0.4 is 5.32 Å². The number of nitrogens with one attached hydrogen (secondary N) is 1. The van der Waals surface area contributed by atoms with Gasteiger partial charge < -0.3 is 5.32 Å². The van der Waals surface area contributed by atoms with E-state index in [1.165, 1.54) is 5.75 Å². The van der Waals surface area contributed by atoms with E-state index in [4.69, 9.17) is 0 Å². The lowest BCUT2D eigenvalue weighted by Crippen LogP contribution is -2.43. The van der Waals surface area contributed by atoms with Gasteiger partial charge in [0, 0.05) is 30.1 Å². The molecular formula is C12H22N4S2. The number of thioether (sulfide) groups is 1. The molecule has 18 heavy (non-hydrogen) atoms. The zero-order valence-electron chi connectivity index (χ0n) is 11.3. The second kappa shape index (κ2) is 6.73. The number of hydrogen-bond acceptors (Lipinski definition) is 6. The van der Waals surface area contributed by atoms with Crippen LogP contribution in [0.3, 0.4) is 0 Å². The van der Waals surface area contributed by atoms with Crippen molar-refractivity contribution in [3.8, 4) is 0 Å². The summed E-state index contributed by atoms with van der Waals surface area (Å²) >= 11 is 3.76. The first-order valence-corrected chi connectivity index (χ1v) is 8.49. The van der Waals surface area contributed by atoms with Gasteiger partial charge in [-0.2, -0.15) is 11.8 Å². The summed E-state index contributed by atoms with van der Waals surface area (Å²) < 4.78 is 0. The zero-order chi connectivity index (χ0) is 13.0. The fourth-order valence-electron chi connectivity index (χ4n) is 2.01. The molecule has 1 aliphatic heterocycles. The van der Waals surface area contributed by atoms with E-state index in [9.17, 15) is 0 Å². The molecule has 2 atom stereocenters. The van der Waals surface area contributed by atoms with Gasteiger partial charge in [-0.15, -0.1) is 10.2 Å². The van der Waals surface area contributed by atoms with Crippen LogP contribution in [0.15, 0.2) is 0 Å². The van der Waals surface area contributed by atoms with Gasteiger partial charge in [0.25, 0.3) is 0 Å². The lowest BCUT2D eigenvalue weighted by molar-refractivity contribution is 0.204. The van der Waals surface area contributed by atoms with Crippen molar-refractivity contribution in [3.05, 3.63) is 5.01 Å². The van der Waals surface area contributed by atoms with Gasteiger partial charge in [-0.05, 0) is 13.3 Å². The monoisotopic (exact) mass is 286 g/mol. The van der Waals surface area contributed by atoms with E-state index < -0.39 is 0 Å². The molecule has 1 aromatic heterocycles. The molecule has 0 bridgehead atoms. The van der Waals surface area contributed by atoms with Crippen LogP contribution in [0, 0.1) is 0 Å². The Bertz CT molecular complexity index is 369. The lowest BCUT2D eigenvalue weighted by atomic mass is 10.2. The minimum Gasteiger partial charge on any atom is -0.360 e. The Morgan fingerprint density at radius 3 is 3.00 bits per heavy atom. The molecule has 102 valence electrons. The van der Waals surface area contributed by atoms with Crippen LogP contribution in [0.5, 0.6) is 0 Å². The summed E-state index contributed by atoms with van der Waals surface area (Å²) in [6, 6.07) is 0.625. The van der Waals surface area contributed by atoms with E-state index >= 15 is 0 Å². The zero-order valence-corrected chi connectivity index (χ0v) is 13.0. The second-order valence-corrected chi connectivity index (χ2v) is 7.26. The lowest BCUT2D eigenvalue weighted by Gasteiger charge is -2.36. The molecule has 2 rings (SSSR count). The highest BCUT2D eigenvalue weighted by molar-refractivity contribution is 8.00. The quantitative estimate of drug-likeness (QED) is 0.901. The molecule has 0 aromatic carbocycles. The molecule has 2 unspecified atom stereocenters. The van der Waals surface area contributed by atoms with Gasteiger partial charge in [0.15, 0.2) is 0 Å². The Balaban J connectivity index is 1.90. The van der Waals surface area contributed by atoms with Gasteiger partial charge in [0.2, 0.25) is 5.13 Å². The highest BCUT2D eigenvalue weighted by Gasteiger charge is 2.25. The van der Waals surface area contributed by atoms with Crippen molar-refractivity contribution in [2.45, 2.75) is 45.0 Å². The summed E-state index contributed by atoms with van der Waals surface area (Å²) in [5.41, 5.74) is 0. The fourth-order valence-corrected chi connectivity index (χ4v) is 3.97. The standard InChI is InChI=1S/C12H22N4S2/c1-4-5-13-12-15-14-11(18-12)8-16-6-7-17-10(3)9(16)2/h9-10H,4-8H2,1-3H3,(H,13,15). The van der Waals surface area contributed by atoms with Gasteiger partial charge >= 0.3 is 0 Å². The van der Waals surface area contributed by atoms with Gasteiger partial charge in [-0.1, -0.05) is 25.2 Å². The van der Waals surface area contributed by atoms with Crippen molar-refractivity contribution in [1.29, 1.82) is 0 Å². The smallest absolute Gasteiger partial charge is 0.205 e. The van der Waals surface area contributed by atoms with Crippen molar-refractivity contribution >= 4 is 28.2 Å². The number of rotatable bonds is 5. The molecule has 4 nitrogen and oxygen atoms in total. The number of nitrogens with zero attached hydrogens (tertiary/aromatic N) is 3. The third kappa shape index (κ3) is 3.59. The van der Waals surface area contributed by atoms with Crippen molar-refractivity contribution in [1.82, 2.24) is 15.1 Å². The second-order valence-electron chi connectivity index (χ2n) is 4.71. The molecule has 0 aliphatic carbocycles. The molecule has 0 amide bonds. The minimum atomic E-state index is 0.625. The third-order valence-electron chi connectivity index (χ3n) is 3.35. The van der Waals surface area contributed by atoms with Crippen molar-refractivity contribution < 1.29 is 0 Å². The normalized spacial score (nSPS) is 25.3. The van der Waals surface area contributed by atoms with Crippen LogP contribution in [0.4, 0.5) is 5.13 Å². The largest absolute Gasteiger partial charge is 0.360 e. The Labute approximate surface area is 118 Å². The maximum Gasteiger partial charge on any atom is 0.205 e. The first kappa shape index (κ1) is 14.1. The Morgan fingerprint density at radius 2 is 2.22 bits per heavy atom. The molecular weight excluding hydrogens is 264 g/mol. The molecule has 1 fully saturated rings. The van der Waals surface area contributed by atoms with E-state index in [2.05, 4.69) is 52.9 Å². The predicted molar refractivity (Wildman–Crippen MR) is 80.5 cm³/mol. The molecule has 6 heteroatoms. The first-order chi connectivity index (χ1) is 8.70. The summed E-state index contributed by atoms with van der Waals surface area (Å²) in [6.07, 6.45) is 1.12. The molecule has 2 heterocycles. The van der Waals surface area contributed by atoms with Gasteiger partial charge in [0.05, 0.1) is 6.54 Å². The molecule has 0 saturated carbocycles. The van der Waals surface area contributed by atoms with E-state index in [0.717, 1.165) is 36.2 Å². The fraction of sp³-hybridized carbons (Fsp3) is 0.833. The molecule has 1 aromatic rings. The van der Waals surface area contributed by atoms with E-state index in [1.54, 1.807) is 11.3 Å². The van der Waals surface area contributed by atoms with Gasteiger partial charge in [0.1, 0.15) is 5.01 Å². The highest BCUT2D eigenvalue weighted by atomic mass is 32.2. The SMILES string of the molecule is CCCNc1nnc(CN2CCSC(C)C2C)s1. The highest BCUT2D eigenvalue weighted by Crippen LogP contribution is 2.26. The van der Waals surface area contributed by atoms with E-state index in [1.807, 2.05) is 0 Å². The van der Waals surface area contributed by atoms with Crippen LogP contribution in [0.2, 0.25) is 0 Å². The average molecular weight is 286 g/mol. The van der Waals surface area contributed by atoms with Crippen LogP contribution in [-0.4, -0.2) is 45.2 Å². The predicted octanol–water partition coefficient (Wildman–Crippen LogP) is 2.69. The molecule has 1 saturated heterocycles. The van der Waals surface area contributed by atoms with Crippen molar-refractivity contribution in [2.24, 2.45) is 0 Å². The Hall–Kier alpha value is -0.330. The van der Waals surface area contributed by atoms with Crippen molar-refractivity contribution in [2.75, 3.05) is 24.2 Å². The third-order valence-corrected chi connectivity index (χ3v) is 5.55. The van der Waals surface area contributed by atoms with Crippen LogP contribution in [0.25, 0.3) is 0 Å². The first-order valence-electron chi connectivity index (χ1n) is 6.62. The molecule has 0 radical (unpaired) electrons. The number of hydrogen-bond donors (Lipinski definition) is 1. The van der Waals surface area contributed by atoms with Crippen molar-refractivity contribution in [3.63, 3.8) is 0 Å². The summed E-state index contributed by atoms with van der Waals surface area (Å²) in [5.74, 6) is 1.23. The minimum absolute atomic E-state index is 0.625. The average Bonchev–Trinajstić information content (AvgIpc) is 2.80.